The first-order valence-electron chi connectivity index (χ1n) is 5.25. The highest BCUT2D eigenvalue weighted by molar-refractivity contribution is 7.84. The summed E-state index contributed by atoms with van der Waals surface area (Å²) in [5.74, 6) is 0.195. The SMILES string of the molecule is CC(CS(C)=O)NCc1cc(C#N)ccc1F. The van der Waals surface area contributed by atoms with Crippen LogP contribution < -0.4 is 5.32 Å². The monoisotopic (exact) mass is 254 g/mol. The molecule has 3 nitrogen and oxygen atoms in total. The summed E-state index contributed by atoms with van der Waals surface area (Å²) in [6.45, 7) is 2.23. The Morgan fingerprint density at radius 1 is 1.59 bits per heavy atom. The molecule has 0 spiro atoms. The lowest BCUT2D eigenvalue weighted by Crippen LogP contribution is -2.30. The topological polar surface area (TPSA) is 52.9 Å². The summed E-state index contributed by atoms with van der Waals surface area (Å²) in [5.41, 5.74) is 0.896. The van der Waals surface area contributed by atoms with Gasteiger partial charge in [0, 0.05) is 41.0 Å². The molecule has 2 atom stereocenters. The Kier molecular flexibility index (Phi) is 5.26. The van der Waals surface area contributed by atoms with Crippen LogP contribution in [0.4, 0.5) is 4.39 Å². The van der Waals surface area contributed by atoms with E-state index in [1.165, 1.54) is 18.2 Å². The smallest absolute Gasteiger partial charge is 0.127 e. The van der Waals surface area contributed by atoms with E-state index in [4.69, 9.17) is 5.26 Å². The minimum Gasteiger partial charge on any atom is -0.309 e. The molecule has 1 rings (SSSR count). The molecular formula is C12H15FN2OS. The van der Waals surface area contributed by atoms with Crippen LogP contribution in [0.2, 0.25) is 0 Å². The molecule has 0 aromatic heterocycles. The standard InChI is InChI=1S/C12H15FN2OS/c1-9(8-17(2)16)15-7-11-5-10(6-14)3-4-12(11)13/h3-5,9,15H,7-8H2,1-2H3. The quantitative estimate of drug-likeness (QED) is 0.867. The second kappa shape index (κ2) is 6.48. The van der Waals surface area contributed by atoms with E-state index in [1.54, 1.807) is 6.26 Å². The molecule has 0 aliphatic heterocycles. The Balaban J connectivity index is 2.63. The summed E-state index contributed by atoms with van der Waals surface area (Å²) in [6, 6.07) is 6.28. The zero-order valence-corrected chi connectivity index (χ0v) is 10.7. The van der Waals surface area contributed by atoms with Crippen molar-refractivity contribution in [3.05, 3.63) is 35.1 Å². The lowest BCUT2D eigenvalue weighted by Gasteiger charge is -2.12. The molecule has 1 N–H and O–H groups in total. The minimum absolute atomic E-state index is 0.0472. The van der Waals surface area contributed by atoms with E-state index in [0.29, 0.717) is 23.4 Å². The average molecular weight is 254 g/mol. The van der Waals surface area contributed by atoms with Gasteiger partial charge in [0.1, 0.15) is 5.82 Å². The third kappa shape index (κ3) is 4.63. The van der Waals surface area contributed by atoms with E-state index >= 15 is 0 Å². The van der Waals surface area contributed by atoms with Crippen LogP contribution in [0.25, 0.3) is 0 Å². The number of nitriles is 1. The van der Waals surface area contributed by atoms with Crippen molar-refractivity contribution in [2.45, 2.75) is 19.5 Å². The number of halogens is 1. The second-order valence-electron chi connectivity index (χ2n) is 3.94. The van der Waals surface area contributed by atoms with E-state index < -0.39 is 10.8 Å². The highest BCUT2D eigenvalue weighted by Gasteiger charge is 2.07. The molecular weight excluding hydrogens is 239 g/mol. The molecule has 5 heteroatoms. The van der Waals surface area contributed by atoms with Crippen molar-refractivity contribution in [2.75, 3.05) is 12.0 Å². The number of hydrogen-bond donors (Lipinski definition) is 1. The van der Waals surface area contributed by atoms with Gasteiger partial charge in [-0.2, -0.15) is 5.26 Å². The van der Waals surface area contributed by atoms with Crippen LogP contribution in [-0.2, 0) is 17.3 Å². The van der Waals surface area contributed by atoms with Gasteiger partial charge in [0.2, 0.25) is 0 Å². The third-order valence-corrected chi connectivity index (χ3v) is 3.27. The molecule has 17 heavy (non-hydrogen) atoms. The maximum Gasteiger partial charge on any atom is 0.127 e. The summed E-state index contributed by atoms with van der Waals surface area (Å²) in [5, 5.41) is 11.8. The zero-order chi connectivity index (χ0) is 12.8. The fourth-order valence-electron chi connectivity index (χ4n) is 1.47. The summed E-state index contributed by atoms with van der Waals surface area (Å²) in [6.07, 6.45) is 1.63. The van der Waals surface area contributed by atoms with Gasteiger partial charge in [-0.1, -0.05) is 0 Å². The second-order valence-corrected chi connectivity index (χ2v) is 5.42. The molecule has 0 radical (unpaired) electrons. The van der Waals surface area contributed by atoms with Crippen molar-refractivity contribution in [1.29, 1.82) is 5.26 Å². The van der Waals surface area contributed by atoms with Crippen molar-refractivity contribution in [3.63, 3.8) is 0 Å². The van der Waals surface area contributed by atoms with E-state index in [-0.39, 0.29) is 11.9 Å². The van der Waals surface area contributed by atoms with Gasteiger partial charge < -0.3 is 5.32 Å². The van der Waals surface area contributed by atoms with E-state index in [9.17, 15) is 8.60 Å². The van der Waals surface area contributed by atoms with Crippen molar-refractivity contribution < 1.29 is 8.60 Å². The maximum absolute atomic E-state index is 13.4. The fourth-order valence-corrected chi connectivity index (χ4v) is 2.30. The van der Waals surface area contributed by atoms with Gasteiger partial charge >= 0.3 is 0 Å². The van der Waals surface area contributed by atoms with Gasteiger partial charge in [-0.25, -0.2) is 4.39 Å². The summed E-state index contributed by atoms with van der Waals surface area (Å²) >= 11 is 0. The largest absolute Gasteiger partial charge is 0.309 e. The van der Waals surface area contributed by atoms with Gasteiger partial charge in [0.25, 0.3) is 0 Å². The van der Waals surface area contributed by atoms with Crippen LogP contribution in [0, 0.1) is 17.1 Å². The molecule has 0 amide bonds. The fraction of sp³-hybridized carbons (Fsp3) is 0.417. The molecule has 0 heterocycles. The maximum atomic E-state index is 13.4. The predicted octanol–water partition coefficient (Wildman–Crippen LogP) is 1.55. The Hall–Kier alpha value is -1.25. The van der Waals surface area contributed by atoms with Crippen LogP contribution in [-0.4, -0.2) is 22.3 Å². The number of benzene rings is 1. The molecule has 2 unspecified atom stereocenters. The zero-order valence-electron chi connectivity index (χ0n) is 9.87. The molecule has 0 aliphatic rings. The Bertz CT molecular complexity index is 456. The first-order valence-corrected chi connectivity index (χ1v) is 6.97. The number of hydrogen-bond acceptors (Lipinski definition) is 3. The van der Waals surface area contributed by atoms with Crippen molar-refractivity contribution in [3.8, 4) is 6.07 Å². The number of rotatable bonds is 5. The van der Waals surface area contributed by atoms with E-state index in [2.05, 4.69) is 5.32 Å². The lowest BCUT2D eigenvalue weighted by atomic mass is 10.1. The van der Waals surface area contributed by atoms with Crippen LogP contribution in [0.15, 0.2) is 18.2 Å². The molecule has 0 fully saturated rings. The first kappa shape index (κ1) is 13.8. The predicted molar refractivity (Wildman–Crippen MR) is 66.4 cm³/mol. The normalized spacial score (nSPS) is 14.0. The van der Waals surface area contributed by atoms with Crippen molar-refractivity contribution >= 4 is 10.8 Å². The Morgan fingerprint density at radius 2 is 2.29 bits per heavy atom. The van der Waals surface area contributed by atoms with E-state index in [1.807, 2.05) is 13.0 Å². The van der Waals surface area contributed by atoms with Crippen LogP contribution in [0.1, 0.15) is 18.1 Å². The summed E-state index contributed by atoms with van der Waals surface area (Å²) in [7, 11) is -0.873. The number of nitrogens with zero attached hydrogens (tertiary/aromatic N) is 1. The van der Waals surface area contributed by atoms with Crippen LogP contribution in [0.3, 0.4) is 0 Å². The Labute approximate surface area is 103 Å². The molecule has 1 aromatic rings. The molecule has 0 saturated carbocycles. The molecule has 0 saturated heterocycles. The third-order valence-electron chi connectivity index (χ3n) is 2.30. The van der Waals surface area contributed by atoms with Gasteiger partial charge in [0.05, 0.1) is 11.6 Å². The summed E-state index contributed by atoms with van der Waals surface area (Å²) < 4.78 is 24.4. The highest BCUT2D eigenvalue weighted by Crippen LogP contribution is 2.10. The molecule has 0 aliphatic carbocycles. The van der Waals surface area contributed by atoms with Gasteiger partial charge in [0.15, 0.2) is 0 Å². The molecule has 92 valence electrons. The van der Waals surface area contributed by atoms with E-state index in [0.717, 1.165) is 0 Å². The van der Waals surface area contributed by atoms with Crippen LogP contribution in [0.5, 0.6) is 0 Å². The van der Waals surface area contributed by atoms with Gasteiger partial charge in [-0.05, 0) is 25.1 Å². The van der Waals surface area contributed by atoms with Crippen LogP contribution >= 0.6 is 0 Å². The highest BCUT2D eigenvalue weighted by atomic mass is 32.2. The Morgan fingerprint density at radius 3 is 2.88 bits per heavy atom. The number of nitrogens with one attached hydrogen (secondary N) is 1. The van der Waals surface area contributed by atoms with Gasteiger partial charge in [-0.15, -0.1) is 0 Å². The minimum atomic E-state index is -0.873. The van der Waals surface area contributed by atoms with Gasteiger partial charge in [-0.3, -0.25) is 4.21 Å². The first-order chi connectivity index (χ1) is 8.02. The van der Waals surface area contributed by atoms with Crippen molar-refractivity contribution in [2.24, 2.45) is 0 Å². The molecule has 0 bridgehead atoms. The molecule has 1 aromatic carbocycles. The summed E-state index contributed by atoms with van der Waals surface area (Å²) in [4.78, 5) is 0. The lowest BCUT2D eigenvalue weighted by molar-refractivity contribution is 0.553. The van der Waals surface area contributed by atoms with Crippen molar-refractivity contribution in [1.82, 2.24) is 5.32 Å². The average Bonchev–Trinajstić information content (AvgIpc) is 2.27.